The Bertz CT molecular complexity index is 583. The number of esters is 2. The second-order valence-corrected chi connectivity index (χ2v) is 8.40. The summed E-state index contributed by atoms with van der Waals surface area (Å²) in [5, 5.41) is 8.44. The minimum absolute atomic E-state index is 0.194. The van der Waals surface area contributed by atoms with E-state index in [2.05, 4.69) is 16.0 Å². The van der Waals surface area contributed by atoms with Crippen molar-refractivity contribution in [3.05, 3.63) is 12.7 Å². The van der Waals surface area contributed by atoms with E-state index in [1.54, 1.807) is 0 Å². The molecule has 0 N–H and O–H groups in total. The van der Waals surface area contributed by atoms with Crippen LogP contribution in [0.3, 0.4) is 0 Å². The fourth-order valence-corrected chi connectivity index (χ4v) is 5.54. The smallest absolute Gasteiger partial charge is 0.415 e. The van der Waals surface area contributed by atoms with Crippen LogP contribution in [0.4, 0.5) is 8.78 Å². The van der Waals surface area contributed by atoms with Crippen molar-refractivity contribution < 1.29 is 42.5 Å². The van der Waals surface area contributed by atoms with Crippen molar-refractivity contribution >= 4 is 24.0 Å². The van der Waals surface area contributed by atoms with Gasteiger partial charge in [0.2, 0.25) is 0 Å². The van der Waals surface area contributed by atoms with E-state index in [1.807, 2.05) is 0 Å². The summed E-state index contributed by atoms with van der Waals surface area (Å²) in [5.74, 6) is -1.69. The van der Waals surface area contributed by atoms with Crippen molar-refractivity contribution in [3.63, 3.8) is 0 Å². The van der Waals surface area contributed by atoms with Gasteiger partial charge in [-0.3, -0.25) is 5.04 Å². The van der Waals surface area contributed by atoms with Crippen molar-refractivity contribution in [3.8, 4) is 0 Å². The maximum Gasteiger partial charge on any atom is 0.415 e. The molecular formula is C16H19F2O7S-. The molecule has 4 bridgehead atoms. The number of carbonyl (C=O) groups is 2. The SMILES string of the molecule is C=CC(=O)OC12CC3CC(CC(COC(=O)C(F)(F)SOO[O-])(C3)C1)C2. The van der Waals surface area contributed by atoms with Gasteiger partial charge in [0.05, 0.1) is 6.61 Å². The predicted octanol–water partition coefficient (Wildman–Crippen LogP) is 2.06. The maximum absolute atomic E-state index is 13.5. The summed E-state index contributed by atoms with van der Waals surface area (Å²) in [6.45, 7) is 3.22. The molecule has 0 amide bonds. The normalized spacial score (nSPS) is 35.2. The van der Waals surface area contributed by atoms with Crippen molar-refractivity contribution in [2.45, 2.75) is 49.4 Å². The van der Waals surface area contributed by atoms with Gasteiger partial charge in [0.15, 0.2) is 0 Å². The minimum atomic E-state index is -4.06. The Morgan fingerprint density at radius 1 is 1.27 bits per heavy atom. The van der Waals surface area contributed by atoms with Crippen LogP contribution in [0.2, 0.25) is 0 Å². The lowest BCUT2D eigenvalue weighted by Gasteiger charge is -2.60. The first-order chi connectivity index (χ1) is 12.2. The molecule has 10 heteroatoms. The third-order valence-electron chi connectivity index (χ3n) is 5.53. The Hall–Kier alpha value is -1.23. The van der Waals surface area contributed by atoms with Crippen LogP contribution in [0.15, 0.2) is 12.7 Å². The van der Waals surface area contributed by atoms with Crippen molar-refractivity contribution in [2.24, 2.45) is 17.3 Å². The van der Waals surface area contributed by atoms with Gasteiger partial charge in [-0.2, -0.15) is 13.1 Å². The zero-order valence-corrected chi connectivity index (χ0v) is 14.7. The van der Waals surface area contributed by atoms with Gasteiger partial charge in [-0.25, -0.2) is 9.59 Å². The van der Waals surface area contributed by atoms with Crippen molar-refractivity contribution in [2.75, 3.05) is 6.61 Å². The molecule has 26 heavy (non-hydrogen) atoms. The monoisotopic (exact) mass is 393 g/mol. The Balaban J connectivity index is 1.67. The number of hydrogen-bond donors (Lipinski definition) is 0. The van der Waals surface area contributed by atoms with Crippen LogP contribution in [-0.4, -0.2) is 29.4 Å². The lowest BCUT2D eigenvalue weighted by atomic mass is 9.48. The highest BCUT2D eigenvalue weighted by Gasteiger charge is 2.60. The van der Waals surface area contributed by atoms with Crippen LogP contribution < -0.4 is 5.26 Å². The Morgan fingerprint density at radius 3 is 2.50 bits per heavy atom. The molecule has 0 aromatic heterocycles. The molecule has 0 heterocycles. The molecule has 4 aliphatic rings. The molecule has 4 fully saturated rings. The molecule has 0 spiro atoms. The van der Waals surface area contributed by atoms with Crippen molar-refractivity contribution in [1.29, 1.82) is 0 Å². The first-order valence-corrected chi connectivity index (χ1v) is 9.00. The number of hydrogen-bond acceptors (Lipinski definition) is 8. The summed E-state index contributed by atoms with van der Waals surface area (Å²) in [7, 11) is 0. The van der Waals surface area contributed by atoms with Crippen LogP contribution in [0.5, 0.6) is 0 Å². The second kappa shape index (κ2) is 7.06. The molecule has 4 saturated carbocycles. The highest BCUT2D eigenvalue weighted by Crippen LogP contribution is 2.63. The molecule has 146 valence electrons. The molecule has 2 atom stereocenters. The maximum atomic E-state index is 13.5. The summed E-state index contributed by atoms with van der Waals surface area (Å²) in [6.07, 6.45) is 5.54. The van der Waals surface area contributed by atoms with E-state index >= 15 is 0 Å². The van der Waals surface area contributed by atoms with E-state index in [1.165, 1.54) is 0 Å². The average Bonchev–Trinajstić information content (AvgIpc) is 2.56. The summed E-state index contributed by atoms with van der Waals surface area (Å²) in [6, 6.07) is 0. The molecular weight excluding hydrogens is 374 g/mol. The Labute approximate surface area is 153 Å². The molecule has 0 saturated heterocycles. The topological polar surface area (TPSA) is 94.1 Å². The van der Waals surface area contributed by atoms with Gasteiger partial charge in [-0.05, 0) is 50.4 Å². The molecule has 4 rings (SSSR count). The fraction of sp³-hybridized carbons (Fsp3) is 0.750. The van der Waals surface area contributed by atoms with Crippen LogP contribution in [0.1, 0.15) is 38.5 Å². The summed E-state index contributed by atoms with van der Waals surface area (Å²) in [5.41, 5.74) is -1.13. The van der Waals surface area contributed by atoms with Crippen LogP contribution >= 0.6 is 12.0 Å². The third kappa shape index (κ3) is 3.88. The number of rotatable bonds is 8. The van der Waals surface area contributed by atoms with Gasteiger partial charge < -0.3 is 14.7 Å². The number of ether oxygens (including phenoxy) is 2. The standard InChI is InChI=1S/C16H20F2O7S/c1-2-12(19)23-15-6-10-3-11(7-15)5-14(4-10,8-15)9-22-13(20)16(17,18)26-25-24-21/h2,10-11,21H,1,3-9H2/p-1. The molecule has 0 aromatic rings. The van der Waals surface area contributed by atoms with Crippen LogP contribution in [0, 0.1) is 17.3 Å². The van der Waals surface area contributed by atoms with E-state index in [0.717, 1.165) is 38.2 Å². The quantitative estimate of drug-likeness (QED) is 0.203. The molecule has 0 aliphatic heterocycles. The number of carbonyl (C=O) groups excluding carboxylic acids is 2. The third-order valence-corrected chi connectivity index (χ3v) is 6.03. The van der Waals surface area contributed by atoms with E-state index < -0.39 is 40.3 Å². The molecule has 0 aromatic carbocycles. The lowest BCUT2D eigenvalue weighted by molar-refractivity contribution is -0.777. The van der Waals surface area contributed by atoms with Crippen molar-refractivity contribution in [1.82, 2.24) is 0 Å². The van der Waals surface area contributed by atoms with Crippen LogP contribution in [0.25, 0.3) is 0 Å². The summed E-state index contributed by atoms with van der Waals surface area (Å²) >= 11 is -0.709. The van der Waals surface area contributed by atoms with Crippen LogP contribution in [-0.2, 0) is 28.4 Å². The largest absolute Gasteiger partial charge is 0.691 e. The first kappa shape index (κ1) is 19.5. The minimum Gasteiger partial charge on any atom is -0.691 e. The summed E-state index contributed by atoms with van der Waals surface area (Å²) in [4.78, 5) is 23.4. The highest BCUT2D eigenvalue weighted by atomic mass is 32.2. The number of alkyl halides is 2. The van der Waals surface area contributed by atoms with E-state index in [-0.39, 0.29) is 6.61 Å². The zero-order chi connectivity index (χ0) is 19.0. The second-order valence-electron chi connectivity index (χ2n) is 7.58. The lowest BCUT2D eigenvalue weighted by Crippen LogP contribution is -2.58. The number of halogens is 2. The molecule has 4 aliphatic carbocycles. The zero-order valence-electron chi connectivity index (χ0n) is 13.9. The highest BCUT2D eigenvalue weighted by molar-refractivity contribution is 7.96. The average molecular weight is 393 g/mol. The van der Waals surface area contributed by atoms with Gasteiger partial charge >= 0.3 is 17.2 Å². The first-order valence-electron chi connectivity index (χ1n) is 8.26. The molecule has 2 unspecified atom stereocenters. The van der Waals surface area contributed by atoms with Gasteiger partial charge in [0.25, 0.3) is 0 Å². The Morgan fingerprint density at radius 2 is 1.92 bits per heavy atom. The summed E-state index contributed by atoms with van der Waals surface area (Å²) < 4.78 is 41.1. The molecule has 0 radical (unpaired) electrons. The van der Waals surface area contributed by atoms with E-state index in [9.17, 15) is 23.6 Å². The van der Waals surface area contributed by atoms with E-state index in [0.29, 0.717) is 18.3 Å². The predicted molar refractivity (Wildman–Crippen MR) is 81.8 cm³/mol. The van der Waals surface area contributed by atoms with E-state index in [4.69, 9.17) is 9.47 Å². The van der Waals surface area contributed by atoms with Gasteiger partial charge in [-0.15, -0.1) is 0 Å². The van der Waals surface area contributed by atoms with Gasteiger partial charge in [0.1, 0.15) is 17.6 Å². The van der Waals surface area contributed by atoms with Gasteiger partial charge in [0, 0.05) is 11.5 Å². The molecule has 7 nitrogen and oxygen atoms in total. The fourth-order valence-electron chi connectivity index (χ4n) is 5.30. The van der Waals surface area contributed by atoms with Gasteiger partial charge in [-0.1, -0.05) is 6.58 Å². The Kier molecular flexibility index (Phi) is 5.31.